The second-order valence-electron chi connectivity index (χ2n) is 4.91. The number of benzene rings is 1. The number of H-pyrrole nitrogens is 1. The van der Waals surface area contributed by atoms with Crippen LogP contribution in [-0.4, -0.2) is 12.1 Å². The highest BCUT2D eigenvalue weighted by atomic mass is 16.5. The van der Waals surface area contributed by atoms with Gasteiger partial charge >= 0.3 is 0 Å². The molecule has 17 heavy (non-hydrogen) atoms. The molecule has 1 aromatic carbocycles. The molecule has 0 aliphatic heterocycles. The molecule has 1 saturated carbocycles. The van der Waals surface area contributed by atoms with Crippen molar-refractivity contribution in [1.82, 2.24) is 4.98 Å². The Kier molecular flexibility index (Phi) is 2.37. The summed E-state index contributed by atoms with van der Waals surface area (Å²) < 4.78 is 5.38. The number of aryl methyl sites for hydroxylation is 1. The van der Waals surface area contributed by atoms with Crippen molar-refractivity contribution in [3.63, 3.8) is 0 Å². The van der Waals surface area contributed by atoms with Crippen molar-refractivity contribution in [2.75, 3.05) is 7.11 Å². The molecule has 3 heteroatoms. The van der Waals surface area contributed by atoms with Crippen LogP contribution in [0.5, 0.6) is 5.75 Å². The average molecular weight is 230 g/mol. The number of aromatic nitrogens is 1. The van der Waals surface area contributed by atoms with Crippen molar-refractivity contribution in [2.45, 2.75) is 25.8 Å². The van der Waals surface area contributed by atoms with Gasteiger partial charge in [0.15, 0.2) is 0 Å². The standard InChI is InChI=1S/C14H18N2O/c1-8-12(13(15)9-6-7-9)10-4-3-5-11(17-2)14(10)16-8/h3-5,9,13,16H,6-7,15H2,1-2H3. The number of hydrogen-bond donors (Lipinski definition) is 2. The van der Waals surface area contributed by atoms with Crippen LogP contribution in [0.25, 0.3) is 10.9 Å². The highest BCUT2D eigenvalue weighted by molar-refractivity contribution is 5.90. The van der Waals surface area contributed by atoms with Crippen LogP contribution in [0.2, 0.25) is 0 Å². The number of rotatable bonds is 3. The van der Waals surface area contributed by atoms with E-state index in [0.29, 0.717) is 5.92 Å². The summed E-state index contributed by atoms with van der Waals surface area (Å²) in [5.74, 6) is 1.55. The average Bonchev–Trinajstić information content (AvgIpc) is 3.10. The molecule has 0 bridgehead atoms. The molecular formula is C14H18N2O. The van der Waals surface area contributed by atoms with Crippen LogP contribution in [0.15, 0.2) is 18.2 Å². The van der Waals surface area contributed by atoms with Gasteiger partial charge in [-0.3, -0.25) is 0 Å². The van der Waals surface area contributed by atoms with Gasteiger partial charge in [-0.05, 0) is 37.3 Å². The monoisotopic (exact) mass is 230 g/mol. The smallest absolute Gasteiger partial charge is 0.142 e. The van der Waals surface area contributed by atoms with Crippen molar-refractivity contribution in [2.24, 2.45) is 11.7 Å². The molecule has 3 N–H and O–H groups in total. The Morgan fingerprint density at radius 3 is 2.82 bits per heavy atom. The maximum atomic E-state index is 6.34. The number of nitrogens with two attached hydrogens (primary N) is 1. The SMILES string of the molecule is COc1cccc2c(C(N)C3CC3)c(C)[nH]c12. The van der Waals surface area contributed by atoms with Crippen LogP contribution >= 0.6 is 0 Å². The molecular weight excluding hydrogens is 212 g/mol. The minimum Gasteiger partial charge on any atom is -0.495 e. The number of nitrogens with one attached hydrogen (secondary N) is 1. The summed E-state index contributed by atoms with van der Waals surface area (Å²) in [7, 11) is 1.70. The summed E-state index contributed by atoms with van der Waals surface area (Å²) >= 11 is 0. The van der Waals surface area contributed by atoms with Crippen LogP contribution in [0.1, 0.15) is 30.1 Å². The van der Waals surface area contributed by atoms with Crippen molar-refractivity contribution < 1.29 is 4.74 Å². The number of ether oxygens (including phenoxy) is 1. The molecule has 2 aromatic rings. The third-order valence-electron chi connectivity index (χ3n) is 3.72. The molecule has 90 valence electrons. The lowest BCUT2D eigenvalue weighted by Crippen LogP contribution is -2.13. The van der Waals surface area contributed by atoms with Gasteiger partial charge in [-0.2, -0.15) is 0 Å². The second-order valence-corrected chi connectivity index (χ2v) is 4.91. The molecule has 1 aliphatic rings. The first-order chi connectivity index (χ1) is 8.22. The Morgan fingerprint density at radius 1 is 1.41 bits per heavy atom. The molecule has 0 radical (unpaired) electrons. The molecule has 0 spiro atoms. The van der Waals surface area contributed by atoms with Gasteiger partial charge in [0.05, 0.1) is 12.6 Å². The fraction of sp³-hybridized carbons (Fsp3) is 0.429. The highest BCUT2D eigenvalue weighted by Crippen LogP contribution is 2.43. The van der Waals surface area contributed by atoms with Crippen LogP contribution in [0.3, 0.4) is 0 Å². The quantitative estimate of drug-likeness (QED) is 0.851. The normalized spacial score (nSPS) is 17.4. The summed E-state index contributed by atoms with van der Waals surface area (Å²) in [6.45, 7) is 2.09. The van der Waals surface area contributed by atoms with Gasteiger partial charge in [0, 0.05) is 17.1 Å². The lowest BCUT2D eigenvalue weighted by atomic mass is 10.00. The zero-order valence-electron chi connectivity index (χ0n) is 10.3. The minimum absolute atomic E-state index is 0.163. The molecule has 1 heterocycles. The summed E-state index contributed by atoms with van der Waals surface area (Å²) in [6, 6.07) is 6.29. The van der Waals surface area contributed by atoms with Crippen LogP contribution in [0.4, 0.5) is 0 Å². The Bertz CT molecular complexity index is 555. The predicted octanol–water partition coefficient (Wildman–Crippen LogP) is 2.89. The molecule has 1 aromatic heterocycles. The zero-order valence-corrected chi connectivity index (χ0v) is 10.3. The van der Waals surface area contributed by atoms with E-state index in [1.54, 1.807) is 7.11 Å². The summed E-state index contributed by atoms with van der Waals surface area (Å²) in [5, 5.41) is 1.21. The lowest BCUT2D eigenvalue weighted by Gasteiger charge is -2.11. The van der Waals surface area contributed by atoms with E-state index in [4.69, 9.17) is 10.5 Å². The van der Waals surface area contributed by atoms with E-state index in [1.165, 1.54) is 29.5 Å². The van der Waals surface area contributed by atoms with Crippen molar-refractivity contribution in [3.05, 3.63) is 29.5 Å². The third kappa shape index (κ3) is 1.62. The van der Waals surface area contributed by atoms with E-state index in [0.717, 1.165) is 11.3 Å². The molecule has 1 fully saturated rings. The largest absolute Gasteiger partial charge is 0.495 e. The number of methoxy groups -OCH3 is 1. The van der Waals surface area contributed by atoms with Crippen LogP contribution in [0, 0.1) is 12.8 Å². The molecule has 0 saturated heterocycles. The van der Waals surface area contributed by atoms with Gasteiger partial charge in [-0.1, -0.05) is 12.1 Å². The summed E-state index contributed by atoms with van der Waals surface area (Å²) in [5.41, 5.74) is 9.85. The van der Waals surface area contributed by atoms with E-state index < -0.39 is 0 Å². The molecule has 1 aliphatic carbocycles. The lowest BCUT2D eigenvalue weighted by molar-refractivity contribution is 0.419. The van der Waals surface area contributed by atoms with Crippen LogP contribution < -0.4 is 10.5 Å². The summed E-state index contributed by atoms with van der Waals surface area (Å²) in [6.07, 6.45) is 2.52. The third-order valence-corrected chi connectivity index (χ3v) is 3.72. The zero-order chi connectivity index (χ0) is 12.0. The number of fused-ring (bicyclic) bond motifs is 1. The fourth-order valence-corrected chi connectivity index (χ4v) is 2.63. The molecule has 1 unspecified atom stereocenters. The molecule has 0 amide bonds. The van der Waals surface area contributed by atoms with Crippen molar-refractivity contribution >= 4 is 10.9 Å². The Labute approximate surface area is 101 Å². The minimum atomic E-state index is 0.163. The number of aromatic amines is 1. The van der Waals surface area contributed by atoms with E-state index in [-0.39, 0.29) is 6.04 Å². The first-order valence-corrected chi connectivity index (χ1v) is 6.13. The Hall–Kier alpha value is -1.48. The van der Waals surface area contributed by atoms with Gasteiger partial charge in [0.2, 0.25) is 0 Å². The maximum absolute atomic E-state index is 6.34. The van der Waals surface area contributed by atoms with Gasteiger partial charge < -0.3 is 15.5 Å². The number of para-hydroxylation sites is 1. The Morgan fingerprint density at radius 2 is 2.18 bits per heavy atom. The van der Waals surface area contributed by atoms with Gasteiger partial charge in [0.1, 0.15) is 5.75 Å². The predicted molar refractivity (Wildman–Crippen MR) is 69.2 cm³/mol. The second kappa shape index (κ2) is 3.77. The highest BCUT2D eigenvalue weighted by Gasteiger charge is 2.32. The van der Waals surface area contributed by atoms with E-state index in [2.05, 4.69) is 18.0 Å². The topological polar surface area (TPSA) is 51.0 Å². The number of hydrogen-bond acceptors (Lipinski definition) is 2. The maximum Gasteiger partial charge on any atom is 0.142 e. The van der Waals surface area contributed by atoms with Crippen LogP contribution in [-0.2, 0) is 0 Å². The first-order valence-electron chi connectivity index (χ1n) is 6.13. The molecule has 3 rings (SSSR count). The molecule has 3 nitrogen and oxygen atoms in total. The van der Waals surface area contributed by atoms with E-state index in [9.17, 15) is 0 Å². The Balaban J connectivity index is 2.20. The van der Waals surface area contributed by atoms with Crippen molar-refractivity contribution in [3.8, 4) is 5.75 Å². The van der Waals surface area contributed by atoms with Gasteiger partial charge in [0.25, 0.3) is 0 Å². The first kappa shape index (κ1) is 10.7. The summed E-state index contributed by atoms with van der Waals surface area (Å²) in [4.78, 5) is 3.41. The van der Waals surface area contributed by atoms with Gasteiger partial charge in [-0.15, -0.1) is 0 Å². The van der Waals surface area contributed by atoms with E-state index in [1.807, 2.05) is 12.1 Å². The van der Waals surface area contributed by atoms with Gasteiger partial charge in [-0.25, -0.2) is 0 Å². The fourth-order valence-electron chi connectivity index (χ4n) is 2.63. The molecule has 1 atom stereocenters. The van der Waals surface area contributed by atoms with E-state index >= 15 is 0 Å². The van der Waals surface area contributed by atoms with Crippen molar-refractivity contribution in [1.29, 1.82) is 0 Å².